The molecule has 0 bridgehead atoms. The Hall–Kier alpha value is -1.11. The highest BCUT2D eigenvalue weighted by Crippen LogP contribution is 2.27. The average molecular weight is 342 g/mol. The Morgan fingerprint density at radius 1 is 1.09 bits per heavy atom. The third-order valence-corrected chi connectivity index (χ3v) is 7.13. The van der Waals surface area contributed by atoms with E-state index in [1.807, 2.05) is 0 Å². The van der Waals surface area contributed by atoms with Crippen molar-refractivity contribution in [3.63, 3.8) is 0 Å². The highest BCUT2D eigenvalue weighted by Gasteiger charge is 2.42. The maximum atomic E-state index is 12.5. The quantitative estimate of drug-likeness (QED) is 0.771. The van der Waals surface area contributed by atoms with Crippen LogP contribution in [0.5, 0.6) is 0 Å². The van der Waals surface area contributed by atoms with Crippen molar-refractivity contribution in [3.8, 4) is 0 Å². The molecule has 0 spiro atoms. The number of nitrogens with zero attached hydrogens (tertiary/aromatic N) is 1. The van der Waals surface area contributed by atoms with Crippen LogP contribution < -0.4 is 5.32 Å². The Labute approximate surface area is 137 Å². The molecule has 6 nitrogen and oxygen atoms in total. The van der Waals surface area contributed by atoms with Crippen LogP contribution in [0.3, 0.4) is 0 Å². The Morgan fingerprint density at radius 3 is 2.39 bits per heavy atom. The van der Waals surface area contributed by atoms with Gasteiger partial charge in [0.25, 0.3) is 0 Å². The molecule has 0 aromatic heterocycles. The van der Waals surface area contributed by atoms with Crippen molar-refractivity contribution >= 4 is 21.7 Å². The molecule has 0 aromatic rings. The van der Waals surface area contributed by atoms with Gasteiger partial charge in [-0.2, -0.15) is 0 Å². The number of likely N-dealkylation sites (tertiary alicyclic amines) is 1. The molecule has 2 aliphatic heterocycles. The van der Waals surface area contributed by atoms with Gasteiger partial charge >= 0.3 is 0 Å². The molecule has 2 saturated heterocycles. The Morgan fingerprint density at radius 2 is 1.78 bits per heavy atom. The second-order valence-electron chi connectivity index (χ2n) is 7.20. The van der Waals surface area contributed by atoms with E-state index in [0.29, 0.717) is 13.0 Å². The summed E-state index contributed by atoms with van der Waals surface area (Å²) in [5.41, 5.74) is 0. The molecule has 3 aliphatic rings. The van der Waals surface area contributed by atoms with Crippen molar-refractivity contribution in [1.82, 2.24) is 10.2 Å². The van der Waals surface area contributed by atoms with Gasteiger partial charge in [0.1, 0.15) is 0 Å². The summed E-state index contributed by atoms with van der Waals surface area (Å²) in [6.07, 6.45) is 7.55. The highest BCUT2D eigenvalue weighted by molar-refractivity contribution is 7.91. The molecule has 2 amide bonds. The molecule has 0 radical (unpaired) electrons. The third kappa shape index (κ3) is 4.05. The Balaban J connectivity index is 1.55. The number of nitrogens with one attached hydrogen (secondary N) is 1. The number of amides is 2. The SMILES string of the molecule is O=C(NC1CCCCCC1)[C@@H]1CC(=O)N([C@@H]2CCS(=O)(=O)C2)C1. The van der Waals surface area contributed by atoms with Crippen molar-refractivity contribution < 1.29 is 18.0 Å². The maximum absolute atomic E-state index is 12.5. The van der Waals surface area contributed by atoms with Crippen molar-refractivity contribution in [1.29, 1.82) is 0 Å². The van der Waals surface area contributed by atoms with Gasteiger partial charge < -0.3 is 10.2 Å². The molecule has 0 unspecified atom stereocenters. The lowest BCUT2D eigenvalue weighted by Gasteiger charge is -2.23. The molecule has 7 heteroatoms. The van der Waals surface area contributed by atoms with Gasteiger partial charge in [0.05, 0.1) is 17.4 Å². The Bertz CT molecular complexity index is 567. The van der Waals surface area contributed by atoms with Gasteiger partial charge in [-0.1, -0.05) is 25.7 Å². The molecule has 2 atom stereocenters. The number of hydrogen-bond donors (Lipinski definition) is 1. The second-order valence-corrected chi connectivity index (χ2v) is 9.43. The molecule has 130 valence electrons. The predicted molar refractivity (Wildman–Crippen MR) is 86.5 cm³/mol. The minimum Gasteiger partial charge on any atom is -0.353 e. The molecule has 1 saturated carbocycles. The molecule has 2 heterocycles. The summed E-state index contributed by atoms with van der Waals surface area (Å²) < 4.78 is 23.2. The van der Waals surface area contributed by atoms with E-state index >= 15 is 0 Å². The summed E-state index contributed by atoms with van der Waals surface area (Å²) in [6.45, 7) is 0.373. The fourth-order valence-electron chi connectivity index (χ4n) is 4.02. The number of carbonyl (C=O) groups excluding carboxylic acids is 2. The van der Waals surface area contributed by atoms with Crippen LogP contribution in [0.4, 0.5) is 0 Å². The zero-order valence-electron chi connectivity index (χ0n) is 13.5. The van der Waals surface area contributed by atoms with Crippen LogP contribution in [-0.2, 0) is 19.4 Å². The van der Waals surface area contributed by atoms with Crippen LogP contribution >= 0.6 is 0 Å². The van der Waals surface area contributed by atoms with Gasteiger partial charge in [0.2, 0.25) is 11.8 Å². The first-order valence-corrected chi connectivity index (χ1v) is 10.6. The molecule has 1 aliphatic carbocycles. The van der Waals surface area contributed by atoms with Crippen LogP contribution in [0.1, 0.15) is 51.4 Å². The molecular formula is C16H26N2O4S. The topological polar surface area (TPSA) is 83.6 Å². The summed E-state index contributed by atoms with van der Waals surface area (Å²) in [5, 5.41) is 3.11. The first kappa shape index (κ1) is 16.7. The van der Waals surface area contributed by atoms with E-state index in [1.165, 1.54) is 12.8 Å². The zero-order valence-corrected chi connectivity index (χ0v) is 14.3. The predicted octanol–water partition coefficient (Wildman–Crippen LogP) is 0.861. The summed E-state index contributed by atoms with van der Waals surface area (Å²) in [5.74, 6) is -0.230. The Kier molecular flexibility index (Phi) is 4.94. The highest BCUT2D eigenvalue weighted by atomic mass is 32.2. The van der Waals surface area contributed by atoms with E-state index in [-0.39, 0.29) is 47.7 Å². The van der Waals surface area contributed by atoms with Crippen molar-refractivity contribution in [3.05, 3.63) is 0 Å². The van der Waals surface area contributed by atoms with E-state index in [4.69, 9.17) is 0 Å². The van der Waals surface area contributed by atoms with Crippen LogP contribution in [0, 0.1) is 5.92 Å². The number of rotatable bonds is 3. The average Bonchev–Trinajstić information content (AvgIpc) is 2.93. The molecule has 3 rings (SSSR count). The molecular weight excluding hydrogens is 316 g/mol. The lowest BCUT2D eigenvalue weighted by Crippen LogP contribution is -2.41. The van der Waals surface area contributed by atoms with Gasteiger partial charge in [-0.3, -0.25) is 9.59 Å². The second kappa shape index (κ2) is 6.79. The number of sulfone groups is 1. The summed E-state index contributed by atoms with van der Waals surface area (Å²) >= 11 is 0. The normalized spacial score (nSPS) is 32.0. The van der Waals surface area contributed by atoms with Crippen molar-refractivity contribution in [2.45, 2.75) is 63.5 Å². The van der Waals surface area contributed by atoms with Crippen LogP contribution in [0.25, 0.3) is 0 Å². The van der Waals surface area contributed by atoms with Crippen LogP contribution in [-0.4, -0.2) is 55.3 Å². The minimum atomic E-state index is -3.02. The van der Waals surface area contributed by atoms with Gasteiger partial charge in [0, 0.05) is 25.0 Å². The minimum absolute atomic E-state index is 0.0337. The van der Waals surface area contributed by atoms with E-state index < -0.39 is 9.84 Å². The van der Waals surface area contributed by atoms with Gasteiger partial charge in [0.15, 0.2) is 9.84 Å². The van der Waals surface area contributed by atoms with Crippen LogP contribution in [0.2, 0.25) is 0 Å². The lowest BCUT2D eigenvalue weighted by molar-refractivity contribution is -0.130. The first-order valence-electron chi connectivity index (χ1n) is 8.75. The largest absolute Gasteiger partial charge is 0.353 e. The molecule has 3 fully saturated rings. The van der Waals surface area contributed by atoms with Gasteiger partial charge in [-0.05, 0) is 19.3 Å². The lowest BCUT2D eigenvalue weighted by atomic mass is 10.0. The standard InChI is InChI=1S/C16H26N2O4S/c19-15-9-12(10-18(15)14-7-8-23(21,22)11-14)16(20)17-13-5-3-1-2-4-6-13/h12-14H,1-11H2,(H,17,20)/t12-,14-/m1/s1. The first-order chi connectivity index (χ1) is 10.9. The van der Waals surface area contributed by atoms with Crippen LogP contribution in [0.15, 0.2) is 0 Å². The van der Waals surface area contributed by atoms with E-state index in [0.717, 1.165) is 25.7 Å². The fraction of sp³-hybridized carbons (Fsp3) is 0.875. The molecule has 23 heavy (non-hydrogen) atoms. The van der Waals surface area contributed by atoms with E-state index in [9.17, 15) is 18.0 Å². The van der Waals surface area contributed by atoms with E-state index in [2.05, 4.69) is 5.32 Å². The maximum Gasteiger partial charge on any atom is 0.225 e. The van der Waals surface area contributed by atoms with E-state index in [1.54, 1.807) is 4.90 Å². The zero-order chi connectivity index (χ0) is 16.4. The molecule has 1 N–H and O–H groups in total. The number of hydrogen-bond acceptors (Lipinski definition) is 4. The smallest absolute Gasteiger partial charge is 0.225 e. The third-order valence-electron chi connectivity index (χ3n) is 5.38. The van der Waals surface area contributed by atoms with Crippen molar-refractivity contribution in [2.75, 3.05) is 18.1 Å². The van der Waals surface area contributed by atoms with Gasteiger partial charge in [-0.25, -0.2) is 8.42 Å². The summed E-state index contributed by atoms with van der Waals surface area (Å²) in [4.78, 5) is 26.3. The summed E-state index contributed by atoms with van der Waals surface area (Å²) in [6, 6.07) is 0.00388. The summed E-state index contributed by atoms with van der Waals surface area (Å²) in [7, 11) is -3.02. The number of carbonyl (C=O) groups is 2. The molecule has 0 aromatic carbocycles. The monoisotopic (exact) mass is 342 g/mol. The fourth-order valence-corrected chi connectivity index (χ4v) is 5.75. The van der Waals surface area contributed by atoms with Crippen molar-refractivity contribution in [2.24, 2.45) is 5.92 Å². The van der Waals surface area contributed by atoms with Gasteiger partial charge in [-0.15, -0.1) is 0 Å².